The van der Waals surface area contributed by atoms with Crippen LogP contribution < -0.4 is 9.47 Å². The van der Waals surface area contributed by atoms with Gasteiger partial charge >= 0.3 is 0 Å². The van der Waals surface area contributed by atoms with E-state index in [-0.39, 0.29) is 12.0 Å². The highest BCUT2D eigenvalue weighted by Gasteiger charge is 2.29. The molecule has 1 unspecified atom stereocenters. The van der Waals surface area contributed by atoms with Crippen molar-refractivity contribution in [2.24, 2.45) is 5.92 Å². The van der Waals surface area contributed by atoms with Gasteiger partial charge in [-0.2, -0.15) is 0 Å². The van der Waals surface area contributed by atoms with Crippen molar-refractivity contribution in [2.75, 3.05) is 33.4 Å². The molecule has 1 fully saturated rings. The molecule has 5 heteroatoms. The molecule has 2 aliphatic heterocycles. The molecule has 1 atom stereocenters. The van der Waals surface area contributed by atoms with Crippen molar-refractivity contribution in [2.45, 2.75) is 25.4 Å². The number of ether oxygens (including phenoxy) is 3. The number of carbonyl (C=O) groups excluding carboxylic acids is 1. The Morgan fingerprint density at radius 1 is 1.07 bits per heavy atom. The van der Waals surface area contributed by atoms with Crippen LogP contribution >= 0.6 is 0 Å². The van der Waals surface area contributed by atoms with Crippen LogP contribution in [0.2, 0.25) is 0 Å². The zero-order valence-corrected chi connectivity index (χ0v) is 16.3. The Balaban J connectivity index is 1.34. The third-order valence-corrected chi connectivity index (χ3v) is 5.66. The Kier molecular flexibility index (Phi) is 5.81. The first kappa shape index (κ1) is 18.8. The minimum Gasteiger partial charge on any atom is -0.486 e. The number of methoxy groups -OCH3 is 1. The lowest BCUT2D eigenvalue weighted by atomic mass is 9.87. The summed E-state index contributed by atoms with van der Waals surface area (Å²) in [5.74, 6) is 2.10. The number of hydrogen-bond donors (Lipinski definition) is 0. The molecule has 2 aliphatic rings. The first-order valence-corrected chi connectivity index (χ1v) is 9.98. The van der Waals surface area contributed by atoms with Gasteiger partial charge in [-0.25, -0.2) is 0 Å². The van der Waals surface area contributed by atoms with Gasteiger partial charge in [0.25, 0.3) is 0 Å². The van der Waals surface area contributed by atoms with E-state index in [1.54, 1.807) is 7.11 Å². The molecule has 28 heavy (non-hydrogen) atoms. The molecule has 0 N–H and O–H groups in total. The van der Waals surface area contributed by atoms with Gasteiger partial charge in [-0.3, -0.25) is 4.79 Å². The third kappa shape index (κ3) is 4.14. The van der Waals surface area contributed by atoms with Gasteiger partial charge in [-0.15, -0.1) is 0 Å². The van der Waals surface area contributed by atoms with Crippen molar-refractivity contribution in [3.8, 4) is 11.5 Å². The summed E-state index contributed by atoms with van der Waals surface area (Å²) >= 11 is 0. The quantitative estimate of drug-likeness (QED) is 0.794. The largest absolute Gasteiger partial charge is 0.486 e. The highest BCUT2D eigenvalue weighted by Crippen LogP contribution is 2.34. The molecule has 0 bridgehead atoms. The molecular weight excluding hydrogens is 354 g/mol. The topological polar surface area (TPSA) is 48.0 Å². The highest BCUT2D eigenvalue weighted by atomic mass is 16.6. The van der Waals surface area contributed by atoms with E-state index in [2.05, 4.69) is 12.1 Å². The van der Waals surface area contributed by atoms with Crippen LogP contribution in [0.5, 0.6) is 11.5 Å². The van der Waals surface area contributed by atoms with Crippen LogP contribution in [0.1, 0.15) is 30.1 Å². The fourth-order valence-corrected chi connectivity index (χ4v) is 4.18. The fraction of sp³-hybridized carbons (Fsp3) is 0.435. The Hall–Kier alpha value is -2.53. The van der Waals surface area contributed by atoms with Crippen molar-refractivity contribution < 1.29 is 19.0 Å². The van der Waals surface area contributed by atoms with E-state index in [9.17, 15) is 4.79 Å². The second-order valence-corrected chi connectivity index (χ2v) is 7.44. The Labute approximate surface area is 166 Å². The summed E-state index contributed by atoms with van der Waals surface area (Å²) < 4.78 is 17.0. The number of amides is 1. The van der Waals surface area contributed by atoms with Crippen LogP contribution in [0, 0.1) is 5.92 Å². The maximum absolute atomic E-state index is 12.8. The number of likely N-dealkylation sites (tertiary alicyclic amines) is 1. The standard InChI is InChI=1S/C23H27NO4/c1-26-23(18-5-3-2-4-6-18)19-9-11-24(12-10-19)22(25)16-17-7-8-20-21(15-17)28-14-13-27-20/h2-8,15,19,23H,9-14,16H2,1H3. The normalized spacial score (nSPS) is 18.0. The van der Waals surface area contributed by atoms with Gasteiger partial charge in [-0.1, -0.05) is 36.4 Å². The zero-order valence-electron chi connectivity index (χ0n) is 16.3. The van der Waals surface area contributed by atoms with Crippen LogP contribution in [0.15, 0.2) is 48.5 Å². The SMILES string of the molecule is COC(c1ccccc1)C1CCN(C(=O)Cc2ccc3c(c2)OCCO3)CC1. The number of rotatable bonds is 5. The Bertz CT molecular complexity index is 800. The molecule has 0 aromatic heterocycles. The number of benzene rings is 2. The summed E-state index contributed by atoms with van der Waals surface area (Å²) in [5, 5.41) is 0. The number of hydrogen-bond acceptors (Lipinski definition) is 4. The van der Waals surface area contributed by atoms with Gasteiger partial charge in [0.15, 0.2) is 11.5 Å². The second-order valence-electron chi connectivity index (χ2n) is 7.44. The molecular formula is C23H27NO4. The summed E-state index contributed by atoms with van der Waals surface area (Å²) in [6.45, 7) is 2.69. The third-order valence-electron chi connectivity index (χ3n) is 5.66. The Morgan fingerprint density at radius 2 is 1.79 bits per heavy atom. The van der Waals surface area contributed by atoms with Crippen LogP contribution in [0.25, 0.3) is 0 Å². The second kappa shape index (κ2) is 8.65. The Morgan fingerprint density at radius 3 is 2.50 bits per heavy atom. The first-order chi connectivity index (χ1) is 13.7. The molecule has 2 heterocycles. The number of carbonyl (C=O) groups is 1. The van der Waals surface area contributed by atoms with Crippen LogP contribution in [-0.2, 0) is 16.0 Å². The lowest BCUT2D eigenvalue weighted by Gasteiger charge is -2.35. The number of nitrogens with zero attached hydrogens (tertiary/aromatic N) is 1. The molecule has 0 spiro atoms. The average molecular weight is 381 g/mol. The molecule has 0 aliphatic carbocycles. The van der Waals surface area contributed by atoms with Crippen molar-refractivity contribution in [1.29, 1.82) is 0 Å². The maximum atomic E-state index is 12.8. The van der Waals surface area contributed by atoms with Gasteiger partial charge in [-0.05, 0) is 42.0 Å². The van der Waals surface area contributed by atoms with Crippen LogP contribution in [0.3, 0.4) is 0 Å². The van der Waals surface area contributed by atoms with Gasteiger partial charge in [0.2, 0.25) is 5.91 Å². The van der Waals surface area contributed by atoms with Gasteiger partial charge in [0.1, 0.15) is 13.2 Å². The predicted octanol–water partition coefficient (Wildman–Crippen LogP) is 3.63. The van der Waals surface area contributed by atoms with Crippen LogP contribution in [0.4, 0.5) is 0 Å². The summed E-state index contributed by atoms with van der Waals surface area (Å²) in [6.07, 6.45) is 2.41. The molecule has 2 aromatic carbocycles. The molecule has 5 nitrogen and oxygen atoms in total. The predicted molar refractivity (Wildman–Crippen MR) is 107 cm³/mol. The van der Waals surface area contributed by atoms with Crippen molar-refractivity contribution >= 4 is 5.91 Å². The summed E-state index contributed by atoms with van der Waals surface area (Å²) in [4.78, 5) is 14.8. The van der Waals surface area contributed by atoms with Crippen LogP contribution in [-0.4, -0.2) is 44.2 Å². The fourth-order valence-electron chi connectivity index (χ4n) is 4.18. The number of piperidine rings is 1. The van der Waals surface area contributed by atoms with Gasteiger partial charge in [0, 0.05) is 20.2 Å². The van der Waals surface area contributed by atoms with Gasteiger partial charge < -0.3 is 19.1 Å². The smallest absolute Gasteiger partial charge is 0.226 e. The lowest BCUT2D eigenvalue weighted by molar-refractivity contribution is -0.132. The van der Waals surface area contributed by atoms with E-state index in [0.29, 0.717) is 25.6 Å². The first-order valence-electron chi connectivity index (χ1n) is 9.98. The van der Waals surface area contributed by atoms with Crippen molar-refractivity contribution in [3.63, 3.8) is 0 Å². The number of fused-ring (bicyclic) bond motifs is 1. The maximum Gasteiger partial charge on any atom is 0.226 e. The monoisotopic (exact) mass is 381 g/mol. The van der Waals surface area contributed by atoms with Crippen molar-refractivity contribution in [1.82, 2.24) is 4.90 Å². The molecule has 2 aromatic rings. The van der Waals surface area contributed by atoms with E-state index < -0.39 is 0 Å². The van der Waals surface area contributed by atoms with E-state index in [4.69, 9.17) is 14.2 Å². The van der Waals surface area contributed by atoms with E-state index in [0.717, 1.165) is 43.0 Å². The minimum absolute atomic E-state index is 0.0937. The average Bonchev–Trinajstić information content (AvgIpc) is 2.75. The lowest BCUT2D eigenvalue weighted by Crippen LogP contribution is -2.40. The molecule has 1 amide bonds. The molecule has 0 radical (unpaired) electrons. The summed E-state index contributed by atoms with van der Waals surface area (Å²) in [5.41, 5.74) is 2.18. The molecule has 4 rings (SSSR count). The summed E-state index contributed by atoms with van der Waals surface area (Å²) in [6, 6.07) is 16.1. The minimum atomic E-state index is 0.0937. The van der Waals surface area contributed by atoms with E-state index >= 15 is 0 Å². The summed E-state index contributed by atoms with van der Waals surface area (Å²) in [7, 11) is 1.77. The zero-order chi connectivity index (χ0) is 19.3. The van der Waals surface area contributed by atoms with E-state index in [1.165, 1.54) is 5.56 Å². The highest BCUT2D eigenvalue weighted by molar-refractivity contribution is 5.79. The molecule has 1 saturated heterocycles. The molecule has 0 saturated carbocycles. The van der Waals surface area contributed by atoms with Crippen molar-refractivity contribution in [3.05, 3.63) is 59.7 Å². The van der Waals surface area contributed by atoms with Gasteiger partial charge in [0.05, 0.1) is 12.5 Å². The molecule has 148 valence electrons. The van der Waals surface area contributed by atoms with E-state index in [1.807, 2.05) is 41.3 Å².